The van der Waals surface area contributed by atoms with Crippen LogP contribution in [0.3, 0.4) is 0 Å². The zero-order valence-electron chi connectivity index (χ0n) is 10.9. The summed E-state index contributed by atoms with van der Waals surface area (Å²) in [5, 5.41) is 0. The number of methoxy groups -OCH3 is 1. The highest BCUT2D eigenvalue weighted by molar-refractivity contribution is 9.10. The molecule has 2 nitrogen and oxygen atoms in total. The van der Waals surface area contributed by atoms with Crippen LogP contribution in [0.4, 0.5) is 8.78 Å². The maximum atomic E-state index is 13.9. The summed E-state index contributed by atoms with van der Waals surface area (Å²) in [5.74, 6) is -0.445. The minimum Gasteiger partial charge on any atom is -0.496 e. The molecule has 1 atom stereocenters. The Balaban J connectivity index is 2.33. The first-order chi connectivity index (χ1) is 9.52. The van der Waals surface area contributed by atoms with Crippen molar-refractivity contribution in [1.82, 2.24) is 0 Å². The molecule has 0 bridgehead atoms. The zero-order chi connectivity index (χ0) is 14.7. The van der Waals surface area contributed by atoms with Crippen LogP contribution < -0.4 is 10.5 Å². The molecule has 0 saturated carbocycles. The highest BCUT2D eigenvalue weighted by Crippen LogP contribution is 2.29. The van der Waals surface area contributed by atoms with Crippen LogP contribution in [0.15, 0.2) is 40.9 Å². The first kappa shape index (κ1) is 14.9. The average molecular weight is 342 g/mol. The lowest BCUT2D eigenvalue weighted by Crippen LogP contribution is -2.17. The number of hydrogen-bond donors (Lipinski definition) is 1. The highest BCUT2D eigenvalue weighted by Gasteiger charge is 2.18. The number of hydrogen-bond acceptors (Lipinski definition) is 2. The van der Waals surface area contributed by atoms with Gasteiger partial charge >= 0.3 is 0 Å². The summed E-state index contributed by atoms with van der Waals surface area (Å²) < 4.78 is 33.5. The third kappa shape index (κ3) is 3.16. The molecular formula is C15H14BrF2NO. The zero-order valence-corrected chi connectivity index (χ0v) is 12.5. The van der Waals surface area contributed by atoms with E-state index in [0.717, 1.165) is 4.47 Å². The molecule has 0 radical (unpaired) electrons. The minimum absolute atomic E-state index is 0.183. The summed E-state index contributed by atoms with van der Waals surface area (Å²) in [7, 11) is 1.45. The summed E-state index contributed by atoms with van der Waals surface area (Å²) in [6, 6.07) is 8.41. The Morgan fingerprint density at radius 1 is 1.20 bits per heavy atom. The maximum Gasteiger partial charge on any atom is 0.131 e. The van der Waals surface area contributed by atoms with Crippen LogP contribution in [-0.4, -0.2) is 7.11 Å². The topological polar surface area (TPSA) is 35.2 Å². The number of nitrogens with two attached hydrogens (primary N) is 1. The monoisotopic (exact) mass is 341 g/mol. The Labute approximate surface area is 124 Å². The van der Waals surface area contributed by atoms with Crippen molar-refractivity contribution in [3.05, 3.63) is 63.6 Å². The fourth-order valence-electron chi connectivity index (χ4n) is 2.09. The molecule has 0 aromatic heterocycles. The molecule has 5 heteroatoms. The first-order valence-electron chi connectivity index (χ1n) is 6.05. The van der Waals surface area contributed by atoms with Crippen LogP contribution in [-0.2, 0) is 6.42 Å². The Morgan fingerprint density at radius 3 is 2.65 bits per heavy atom. The second-order valence-corrected chi connectivity index (χ2v) is 5.32. The summed E-state index contributed by atoms with van der Waals surface area (Å²) >= 11 is 3.28. The molecule has 2 N–H and O–H groups in total. The molecule has 1 unspecified atom stereocenters. The molecule has 106 valence electrons. The van der Waals surface area contributed by atoms with Crippen molar-refractivity contribution in [2.45, 2.75) is 12.5 Å². The van der Waals surface area contributed by atoms with Crippen molar-refractivity contribution in [2.75, 3.05) is 7.11 Å². The Morgan fingerprint density at radius 2 is 1.95 bits per heavy atom. The second kappa shape index (κ2) is 6.33. The Bertz CT molecular complexity index is 619. The van der Waals surface area contributed by atoms with Crippen molar-refractivity contribution >= 4 is 15.9 Å². The van der Waals surface area contributed by atoms with E-state index < -0.39 is 11.9 Å². The van der Waals surface area contributed by atoms with Gasteiger partial charge in [-0.15, -0.1) is 0 Å². The van der Waals surface area contributed by atoms with E-state index in [9.17, 15) is 8.78 Å². The molecule has 2 aromatic carbocycles. The lowest BCUT2D eigenvalue weighted by Gasteiger charge is -2.17. The predicted octanol–water partition coefficient (Wildman–Crippen LogP) is 3.98. The second-order valence-electron chi connectivity index (χ2n) is 4.40. The van der Waals surface area contributed by atoms with Crippen molar-refractivity contribution in [2.24, 2.45) is 5.73 Å². The third-order valence-electron chi connectivity index (χ3n) is 3.05. The fourth-order valence-corrected chi connectivity index (χ4v) is 2.50. The first-order valence-corrected chi connectivity index (χ1v) is 6.84. The summed E-state index contributed by atoms with van der Waals surface area (Å²) in [5.41, 5.74) is 6.71. The number of rotatable bonds is 4. The van der Waals surface area contributed by atoms with Gasteiger partial charge in [-0.05, 0) is 42.3 Å². The molecule has 2 aromatic rings. The van der Waals surface area contributed by atoms with Gasteiger partial charge < -0.3 is 10.5 Å². The molecule has 20 heavy (non-hydrogen) atoms. The molecule has 0 aliphatic carbocycles. The van der Waals surface area contributed by atoms with Gasteiger partial charge in [0.05, 0.1) is 7.11 Å². The lowest BCUT2D eigenvalue weighted by molar-refractivity contribution is 0.398. The number of halogens is 3. The van der Waals surface area contributed by atoms with Crippen molar-refractivity contribution < 1.29 is 13.5 Å². The lowest BCUT2D eigenvalue weighted by atomic mass is 9.98. The molecule has 0 saturated heterocycles. The van der Waals surface area contributed by atoms with Gasteiger partial charge in [-0.25, -0.2) is 8.78 Å². The fraction of sp³-hybridized carbons (Fsp3) is 0.200. The van der Waals surface area contributed by atoms with Crippen molar-refractivity contribution in [1.29, 1.82) is 0 Å². The van der Waals surface area contributed by atoms with Gasteiger partial charge in [0, 0.05) is 16.1 Å². The van der Waals surface area contributed by atoms with E-state index in [2.05, 4.69) is 15.9 Å². The van der Waals surface area contributed by atoms with Crippen LogP contribution in [0.2, 0.25) is 0 Å². The smallest absolute Gasteiger partial charge is 0.131 e. The standard InChI is InChI=1S/C15H14BrF2NO/c1-20-14-4-2-3-12(18)15(14)13(19)8-9-7-10(16)5-6-11(9)17/h2-7,13H,8,19H2,1H3. The Kier molecular flexibility index (Phi) is 4.73. The van der Waals surface area contributed by atoms with Gasteiger partial charge in [-0.1, -0.05) is 22.0 Å². The average Bonchev–Trinajstić information content (AvgIpc) is 2.42. The van der Waals surface area contributed by atoms with E-state index in [1.807, 2.05) is 0 Å². The molecule has 0 aliphatic heterocycles. The molecule has 0 aliphatic rings. The van der Waals surface area contributed by atoms with E-state index >= 15 is 0 Å². The van der Waals surface area contributed by atoms with Crippen LogP contribution in [0.5, 0.6) is 5.75 Å². The molecular weight excluding hydrogens is 328 g/mol. The van der Waals surface area contributed by atoms with Gasteiger partial charge in [0.1, 0.15) is 17.4 Å². The van der Waals surface area contributed by atoms with Crippen LogP contribution in [0.1, 0.15) is 17.2 Å². The van der Waals surface area contributed by atoms with Gasteiger partial charge in [0.2, 0.25) is 0 Å². The quantitative estimate of drug-likeness (QED) is 0.912. The molecule has 0 heterocycles. The normalized spacial score (nSPS) is 12.2. The van der Waals surface area contributed by atoms with Gasteiger partial charge in [0.15, 0.2) is 0 Å². The van der Waals surface area contributed by atoms with E-state index in [0.29, 0.717) is 11.3 Å². The predicted molar refractivity (Wildman–Crippen MR) is 77.7 cm³/mol. The van der Waals surface area contributed by atoms with E-state index in [1.54, 1.807) is 24.3 Å². The summed E-state index contributed by atoms with van der Waals surface area (Å²) in [6.07, 6.45) is 0.183. The third-order valence-corrected chi connectivity index (χ3v) is 3.54. The molecule has 0 fully saturated rings. The maximum absolute atomic E-state index is 13.9. The minimum atomic E-state index is -0.685. The van der Waals surface area contributed by atoms with Gasteiger partial charge in [-0.3, -0.25) is 0 Å². The van der Waals surface area contributed by atoms with Crippen LogP contribution in [0.25, 0.3) is 0 Å². The summed E-state index contributed by atoms with van der Waals surface area (Å²) in [6.45, 7) is 0. The number of benzene rings is 2. The van der Waals surface area contributed by atoms with E-state index in [1.165, 1.54) is 19.2 Å². The number of ether oxygens (including phenoxy) is 1. The van der Waals surface area contributed by atoms with Crippen LogP contribution in [0, 0.1) is 11.6 Å². The van der Waals surface area contributed by atoms with Gasteiger partial charge in [0.25, 0.3) is 0 Å². The molecule has 2 rings (SSSR count). The van der Waals surface area contributed by atoms with Gasteiger partial charge in [-0.2, -0.15) is 0 Å². The highest BCUT2D eigenvalue weighted by atomic mass is 79.9. The molecule has 0 spiro atoms. The van der Waals surface area contributed by atoms with Crippen molar-refractivity contribution in [3.8, 4) is 5.75 Å². The Hall–Kier alpha value is -1.46. The van der Waals surface area contributed by atoms with E-state index in [4.69, 9.17) is 10.5 Å². The van der Waals surface area contributed by atoms with Crippen molar-refractivity contribution in [3.63, 3.8) is 0 Å². The largest absolute Gasteiger partial charge is 0.496 e. The van der Waals surface area contributed by atoms with Crippen LogP contribution >= 0.6 is 15.9 Å². The SMILES string of the molecule is COc1cccc(F)c1C(N)Cc1cc(Br)ccc1F. The molecule has 0 amide bonds. The summed E-state index contributed by atoms with van der Waals surface area (Å²) in [4.78, 5) is 0. The van der Waals surface area contributed by atoms with E-state index in [-0.39, 0.29) is 17.8 Å².